The average molecular weight is 396 g/mol. The molecule has 0 radical (unpaired) electrons. The molecule has 0 unspecified atom stereocenters. The molecule has 2 heterocycles. The van der Waals surface area contributed by atoms with E-state index in [9.17, 15) is 4.79 Å². The van der Waals surface area contributed by atoms with Gasteiger partial charge in [0.2, 0.25) is 5.91 Å². The van der Waals surface area contributed by atoms with Gasteiger partial charge in [0.15, 0.2) is 11.0 Å². The summed E-state index contributed by atoms with van der Waals surface area (Å²) in [5.74, 6) is 0.942. The van der Waals surface area contributed by atoms with Crippen molar-refractivity contribution in [2.75, 3.05) is 5.75 Å². The molecule has 6 nitrogen and oxygen atoms in total. The number of carbonyl (C=O) groups is 1. The van der Waals surface area contributed by atoms with Crippen LogP contribution in [0.3, 0.4) is 0 Å². The molecule has 0 saturated heterocycles. The topological polar surface area (TPSA) is 72.7 Å². The maximum atomic E-state index is 12.2. The molecule has 0 aliphatic carbocycles. The smallest absolute Gasteiger partial charge is 0.230 e. The third kappa shape index (κ3) is 4.59. The highest BCUT2D eigenvalue weighted by atomic mass is 32.2. The zero-order valence-corrected chi connectivity index (χ0v) is 17.5. The fourth-order valence-corrected chi connectivity index (χ4v) is 3.43. The van der Waals surface area contributed by atoms with Crippen molar-refractivity contribution in [3.05, 3.63) is 53.7 Å². The number of aromatic nitrogens is 4. The Morgan fingerprint density at radius 1 is 1.18 bits per heavy atom. The molecule has 146 valence electrons. The third-order valence-corrected chi connectivity index (χ3v) is 5.56. The Balaban J connectivity index is 1.95. The first kappa shape index (κ1) is 20.1. The minimum atomic E-state index is -0.00614. The van der Waals surface area contributed by atoms with Gasteiger partial charge in [-0.1, -0.05) is 30.8 Å². The summed E-state index contributed by atoms with van der Waals surface area (Å²) >= 11 is 1.38. The van der Waals surface area contributed by atoms with E-state index in [1.165, 1.54) is 22.9 Å². The van der Waals surface area contributed by atoms with Gasteiger partial charge in [-0.2, -0.15) is 0 Å². The van der Waals surface area contributed by atoms with E-state index in [-0.39, 0.29) is 17.7 Å². The predicted molar refractivity (Wildman–Crippen MR) is 113 cm³/mol. The molecule has 3 aromatic rings. The number of hydrogen-bond acceptors (Lipinski definition) is 5. The molecule has 0 aliphatic rings. The number of benzene rings is 1. The molecule has 0 aliphatic heterocycles. The normalized spacial score (nSPS) is 12.0. The second kappa shape index (κ2) is 9.01. The number of amides is 1. The largest absolute Gasteiger partial charge is 0.353 e. The molecule has 0 fully saturated rings. The van der Waals surface area contributed by atoms with Gasteiger partial charge >= 0.3 is 0 Å². The lowest BCUT2D eigenvalue weighted by Gasteiger charge is -2.13. The first-order valence-electron chi connectivity index (χ1n) is 9.36. The number of pyridine rings is 1. The van der Waals surface area contributed by atoms with Gasteiger partial charge in [0.25, 0.3) is 0 Å². The third-order valence-electron chi connectivity index (χ3n) is 4.63. The average Bonchev–Trinajstić information content (AvgIpc) is 3.13. The van der Waals surface area contributed by atoms with Crippen LogP contribution < -0.4 is 5.32 Å². The lowest BCUT2D eigenvalue weighted by molar-refractivity contribution is -0.119. The second-order valence-electron chi connectivity index (χ2n) is 6.79. The summed E-state index contributed by atoms with van der Waals surface area (Å²) in [5.41, 5.74) is 4.10. The molecule has 28 heavy (non-hydrogen) atoms. The highest BCUT2D eigenvalue weighted by Crippen LogP contribution is 2.28. The quantitative estimate of drug-likeness (QED) is 0.613. The van der Waals surface area contributed by atoms with Crippen molar-refractivity contribution in [2.45, 2.75) is 45.3 Å². The molecule has 3 rings (SSSR count). The summed E-state index contributed by atoms with van der Waals surface area (Å²) in [7, 11) is 0. The molecule has 1 atom stereocenters. The van der Waals surface area contributed by atoms with Crippen molar-refractivity contribution in [1.29, 1.82) is 0 Å². The number of thioether (sulfide) groups is 1. The Labute approximate surface area is 169 Å². The summed E-state index contributed by atoms with van der Waals surface area (Å²) in [6, 6.07) is 12.1. The minimum Gasteiger partial charge on any atom is -0.353 e. The monoisotopic (exact) mass is 395 g/mol. The van der Waals surface area contributed by atoms with Crippen LogP contribution in [0.4, 0.5) is 0 Å². The van der Waals surface area contributed by atoms with Gasteiger partial charge < -0.3 is 5.32 Å². The van der Waals surface area contributed by atoms with Crippen molar-refractivity contribution in [3.8, 4) is 17.2 Å². The SMILES string of the molecule is CC[C@H](C)NC(=O)CSc1nnc(-c2ccccn2)n1-c1ccc(C)c(C)c1. The molecule has 0 saturated carbocycles. The number of nitrogens with one attached hydrogen (secondary N) is 1. The van der Waals surface area contributed by atoms with Gasteiger partial charge in [0.1, 0.15) is 5.69 Å². The molecule has 2 aromatic heterocycles. The first-order chi connectivity index (χ1) is 13.5. The number of carbonyl (C=O) groups excluding carboxylic acids is 1. The molecule has 1 amide bonds. The molecule has 0 spiro atoms. The van der Waals surface area contributed by atoms with E-state index >= 15 is 0 Å². The van der Waals surface area contributed by atoms with Crippen LogP contribution in [-0.2, 0) is 4.79 Å². The molecule has 1 aromatic carbocycles. The number of rotatable bonds is 7. The summed E-state index contributed by atoms with van der Waals surface area (Å²) < 4.78 is 1.97. The number of aryl methyl sites for hydroxylation is 2. The van der Waals surface area contributed by atoms with Gasteiger partial charge in [-0.3, -0.25) is 14.3 Å². The van der Waals surface area contributed by atoms with Crippen molar-refractivity contribution in [2.24, 2.45) is 0 Å². The van der Waals surface area contributed by atoms with E-state index in [1.54, 1.807) is 6.20 Å². The van der Waals surface area contributed by atoms with Crippen LogP contribution in [0.25, 0.3) is 17.2 Å². The van der Waals surface area contributed by atoms with E-state index < -0.39 is 0 Å². The fraction of sp³-hybridized carbons (Fsp3) is 0.333. The van der Waals surface area contributed by atoms with Gasteiger partial charge in [-0.05, 0) is 62.6 Å². The van der Waals surface area contributed by atoms with Crippen molar-refractivity contribution >= 4 is 17.7 Å². The molecule has 1 N–H and O–H groups in total. The van der Waals surface area contributed by atoms with Gasteiger partial charge in [0.05, 0.1) is 11.4 Å². The van der Waals surface area contributed by atoms with Crippen LogP contribution in [-0.4, -0.2) is 37.5 Å². The van der Waals surface area contributed by atoms with Gasteiger partial charge in [0, 0.05) is 12.2 Å². The van der Waals surface area contributed by atoms with E-state index in [2.05, 4.69) is 46.5 Å². The Morgan fingerprint density at radius 3 is 2.68 bits per heavy atom. The van der Waals surface area contributed by atoms with Crippen LogP contribution in [0.5, 0.6) is 0 Å². The summed E-state index contributed by atoms with van der Waals surface area (Å²) in [6.07, 6.45) is 2.64. The Kier molecular flexibility index (Phi) is 6.46. The zero-order chi connectivity index (χ0) is 20.1. The van der Waals surface area contributed by atoms with Crippen LogP contribution >= 0.6 is 11.8 Å². The van der Waals surface area contributed by atoms with E-state index in [0.717, 1.165) is 17.8 Å². The molecule has 7 heteroatoms. The van der Waals surface area contributed by atoms with Crippen LogP contribution in [0.1, 0.15) is 31.4 Å². The van der Waals surface area contributed by atoms with Crippen molar-refractivity contribution in [3.63, 3.8) is 0 Å². The van der Waals surface area contributed by atoms with E-state index in [4.69, 9.17) is 0 Å². The van der Waals surface area contributed by atoms with Crippen LogP contribution in [0.15, 0.2) is 47.8 Å². The summed E-state index contributed by atoms with van der Waals surface area (Å²) in [6.45, 7) is 8.21. The maximum absolute atomic E-state index is 12.2. The van der Waals surface area contributed by atoms with E-state index in [0.29, 0.717) is 11.0 Å². The van der Waals surface area contributed by atoms with Gasteiger partial charge in [-0.25, -0.2) is 0 Å². The lowest BCUT2D eigenvalue weighted by Crippen LogP contribution is -2.33. The highest BCUT2D eigenvalue weighted by molar-refractivity contribution is 7.99. The Hall–Kier alpha value is -2.67. The predicted octanol–water partition coefficient (Wildman–Crippen LogP) is 3.95. The molecular weight excluding hydrogens is 370 g/mol. The zero-order valence-electron chi connectivity index (χ0n) is 16.6. The first-order valence-corrected chi connectivity index (χ1v) is 10.3. The van der Waals surface area contributed by atoms with Crippen molar-refractivity contribution < 1.29 is 4.79 Å². The standard InChI is InChI=1S/C21H25N5OS/c1-5-16(4)23-19(27)13-28-21-25-24-20(18-8-6-7-11-22-18)26(21)17-10-9-14(2)15(3)12-17/h6-12,16H,5,13H2,1-4H3,(H,23,27)/t16-/m0/s1. The minimum absolute atomic E-state index is 0.00614. The summed E-state index contributed by atoms with van der Waals surface area (Å²) in [4.78, 5) is 16.6. The van der Waals surface area contributed by atoms with Crippen molar-refractivity contribution in [1.82, 2.24) is 25.1 Å². The second-order valence-corrected chi connectivity index (χ2v) is 7.73. The molecular formula is C21H25N5OS. The van der Waals surface area contributed by atoms with Crippen LogP contribution in [0.2, 0.25) is 0 Å². The number of nitrogens with zero attached hydrogens (tertiary/aromatic N) is 4. The lowest BCUT2D eigenvalue weighted by atomic mass is 10.1. The Morgan fingerprint density at radius 2 is 2.00 bits per heavy atom. The maximum Gasteiger partial charge on any atom is 0.230 e. The fourth-order valence-electron chi connectivity index (χ4n) is 2.67. The molecule has 0 bridgehead atoms. The number of hydrogen-bond donors (Lipinski definition) is 1. The Bertz CT molecular complexity index is 955. The summed E-state index contributed by atoms with van der Waals surface area (Å²) in [5, 5.41) is 12.4. The van der Waals surface area contributed by atoms with Gasteiger partial charge in [-0.15, -0.1) is 10.2 Å². The highest BCUT2D eigenvalue weighted by Gasteiger charge is 2.18. The van der Waals surface area contributed by atoms with E-state index in [1.807, 2.05) is 42.7 Å². The van der Waals surface area contributed by atoms with Crippen LogP contribution in [0, 0.1) is 13.8 Å².